The van der Waals surface area contributed by atoms with E-state index in [9.17, 15) is 35.6 Å². The zero-order valence-electron chi connectivity index (χ0n) is 21.6. The van der Waals surface area contributed by atoms with Crippen LogP contribution in [0.1, 0.15) is 45.5 Å². The highest BCUT2D eigenvalue weighted by Gasteiger charge is 2.47. The standard InChI is InChI=1S/C26H28F4N4O4S/c1-16-14-19(23(35)33(2)3)5-4-17(16)8-13-39(37,38)34-11-9-25(10-12-34)24(36)31-22(32-25)18-6-7-21(27)20(15-18)26(28,29)30/h4-7,14-15H,8-13H2,1-3H3,(H,31,32,36). The number of halogens is 4. The van der Waals surface area contributed by atoms with E-state index in [1.807, 2.05) is 6.92 Å². The summed E-state index contributed by atoms with van der Waals surface area (Å²) in [7, 11) is -0.388. The lowest BCUT2D eigenvalue weighted by Gasteiger charge is -2.34. The van der Waals surface area contributed by atoms with Gasteiger partial charge in [-0.05, 0) is 67.6 Å². The number of aryl methyl sites for hydroxylation is 2. The Morgan fingerprint density at radius 1 is 1.13 bits per heavy atom. The molecular weight excluding hydrogens is 540 g/mol. The molecule has 210 valence electrons. The molecule has 2 aromatic rings. The average Bonchev–Trinajstić information content (AvgIpc) is 3.17. The number of sulfonamides is 1. The molecule has 0 atom stereocenters. The van der Waals surface area contributed by atoms with E-state index in [4.69, 9.17) is 0 Å². The van der Waals surface area contributed by atoms with E-state index in [1.165, 1.54) is 9.21 Å². The lowest BCUT2D eigenvalue weighted by molar-refractivity contribution is -0.140. The Morgan fingerprint density at radius 2 is 1.79 bits per heavy atom. The van der Waals surface area contributed by atoms with Crippen LogP contribution in [-0.4, -0.2) is 73.7 Å². The van der Waals surface area contributed by atoms with Crippen LogP contribution in [0.25, 0.3) is 0 Å². The van der Waals surface area contributed by atoms with Gasteiger partial charge in [-0.1, -0.05) is 6.07 Å². The molecule has 8 nitrogen and oxygen atoms in total. The molecule has 13 heteroatoms. The normalized spacial score (nSPS) is 17.7. The highest BCUT2D eigenvalue weighted by Crippen LogP contribution is 2.35. The number of hydrogen-bond acceptors (Lipinski definition) is 5. The van der Waals surface area contributed by atoms with Crippen LogP contribution in [0.2, 0.25) is 0 Å². The molecule has 1 spiro atoms. The summed E-state index contributed by atoms with van der Waals surface area (Å²) >= 11 is 0. The number of amidine groups is 1. The topological polar surface area (TPSA) is 99.2 Å². The van der Waals surface area contributed by atoms with Crippen molar-refractivity contribution in [3.05, 3.63) is 70.0 Å². The smallest absolute Gasteiger partial charge is 0.345 e. The fourth-order valence-electron chi connectivity index (χ4n) is 4.75. The van der Waals surface area contributed by atoms with Crippen molar-refractivity contribution < 1.29 is 35.6 Å². The number of nitrogens with one attached hydrogen (secondary N) is 1. The molecule has 2 aliphatic heterocycles. The van der Waals surface area contributed by atoms with E-state index in [2.05, 4.69) is 10.3 Å². The Labute approximate surface area is 223 Å². The molecule has 0 unspecified atom stereocenters. The van der Waals surface area contributed by atoms with Gasteiger partial charge in [0.1, 0.15) is 17.2 Å². The molecule has 39 heavy (non-hydrogen) atoms. The Bertz CT molecular complexity index is 1450. The minimum absolute atomic E-state index is 0.0129. The first-order valence-corrected chi connectivity index (χ1v) is 13.8. The fraction of sp³-hybridized carbons (Fsp3) is 0.423. The lowest BCUT2D eigenvalue weighted by Crippen LogP contribution is -2.50. The Balaban J connectivity index is 1.43. The molecule has 1 saturated heterocycles. The summed E-state index contributed by atoms with van der Waals surface area (Å²) in [5, 5.41) is 2.48. The zero-order valence-corrected chi connectivity index (χ0v) is 22.4. The predicted molar refractivity (Wildman–Crippen MR) is 136 cm³/mol. The summed E-state index contributed by atoms with van der Waals surface area (Å²) in [5.41, 5.74) is -0.751. The summed E-state index contributed by atoms with van der Waals surface area (Å²) in [4.78, 5) is 30.8. The molecule has 0 aliphatic carbocycles. The van der Waals surface area contributed by atoms with Crippen LogP contribution in [0.3, 0.4) is 0 Å². The fourth-order valence-corrected chi connectivity index (χ4v) is 6.23. The SMILES string of the molecule is Cc1cc(C(=O)N(C)C)ccc1CCS(=O)(=O)N1CCC2(CC1)N=C(c1ccc(F)c(C(F)(F)F)c1)NC2=O. The summed E-state index contributed by atoms with van der Waals surface area (Å²) in [5.74, 6) is -2.39. The first kappa shape index (κ1) is 28.7. The average molecular weight is 569 g/mol. The van der Waals surface area contributed by atoms with Gasteiger partial charge in [-0.3, -0.25) is 14.6 Å². The van der Waals surface area contributed by atoms with Crippen molar-refractivity contribution in [2.45, 2.75) is 37.9 Å². The molecule has 0 aromatic heterocycles. The van der Waals surface area contributed by atoms with E-state index in [-0.39, 0.29) is 55.4 Å². The number of aliphatic imine (C=N–C) groups is 1. The Hall–Kier alpha value is -3.32. The van der Waals surface area contributed by atoms with Gasteiger partial charge >= 0.3 is 6.18 Å². The monoisotopic (exact) mass is 568 g/mol. The van der Waals surface area contributed by atoms with Gasteiger partial charge in [0.2, 0.25) is 10.0 Å². The molecule has 0 bridgehead atoms. The number of amides is 2. The first-order valence-electron chi connectivity index (χ1n) is 12.2. The summed E-state index contributed by atoms with van der Waals surface area (Å²) in [6.07, 6.45) is -4.57. The van der Waals surface area contributed by atoms with Gasteiger partial charge in [0.05, 0.1) is 11.3 Å². The van der Waals surface area contributed by atoms with Crippen molar-refractivity contribution in [2.24, 2.45) is 4.99 Å². The van der Waals surface area contributed by atoms with Crippen LogP contribution in [0.5, 0.6) is 0 Å². The molecule has 1 fully saturated rings. The van der Waals surface area contributed by atoms with Crippen LogP contribution in [0.15, 0.2) is 41.4 Å². The van der Waals surface area contributed by atoms with Gasteiger partial charge in [0.15, 0.2) is 0 Å². The maximum atomic E-state index is 13.7. The Morgan fingerprint density at radius 3 is 2.38 bits per heavy atom. The molecule has 4 rings (SSSR count). The van der Waals surface area contributed by atoms with E-state index < -0.39 is 39.0 Å². The second kappa shape index (κ2) is 10.3. The van der Waals surface area contributed by atoms with Crippen LogP contribution in [0.4, 0.5) is 17.6 Å². The third-order valence-corrected chi connectivity index (χ3v) is 8.97. The van der Waals surface area contributed by atoms with E-state index in [0.717, 1.165) is 17.2 Å². The van der Waals surface area contributed by atoms with Crippen LogP contribution in [0, 0.1) is 12.7 Å². The van der Waals surface area contributed by atoms with Gasteiger partial charge in [-0.2, -0.15) is 13.2 Å². The summed E-state index contributed by atoms with van der Waals surface area (Å²) in [6.45, 7) is 1.84. The zero-order chi connectivity index (χ0) is 28.8. The predicted octanol–water partition coefficient (Wildman–Crippen LogP) is 3.14. The van der Waals surface area contributed by atoms with Crippen LogP contribution < -0.4 is 5.32 Å². The van der Waals surface area contributed by atoms with Crippen molar-refractivity contribution in [1.82, 2.24) is 14.5 Å². The second-order valence-electron chi connectivity index (χ2n) is 9.94. The quantitative estimate of drug-likeness (QED) is 0.542. The number of carbonyl (C=O) groups is 2. The molecule has 2 aliphatic rings. The molecular formula is C26H28F4N4O4S. The maximum absolute atomic E-state index is 13.7. The highest BCUT2D eigenvalue weighted by molar-refractivity contribution is 7.89. The lowest BCUT2D eigenvalue weighted by atomic mass is 9.89. The third kappa shape index (κ3) is 5.83. The maximum Gasteiger partial charge on any atom is 0.419 e. The molecule has 0 saturated carbocycles. The van der Waals surface area contributed by atoms with Gasteiger partial charge in [-0.25, -0.2) is 17.1 Å². The van der Waals surface area contributed by atoms with E-state index >= 15 is 0 Å². The highest BCUT2D eigenvalue weighted by atomic mass is 32.2. The van der Waals surface area contributed by atoms with Gasteiger partial charge < -0.3 is 10.2 Å². The molecule has 1 N–H and O–H groups in total. The van der Waals surface area contributed by atoms with Gasteiger partial charge in [0.25, 0.3) is 11.8 Å². The van der Waals surface area contributed by atoms with Crippen molar-refractivity contribution in [3.63, 3.8) is 0 Å². The minimum atomic E-state index is -4.91. The minimum Gasteiger partial charge on any atom is -0.345 e. The van der Waals surface area contributed by atoms with E-state index in [0.29, 0.717) is 17.7 Å². The molecule has 0 radical (unpaired) electrons. The number of benzene rings is 2. The molecule has 2 heterocycles. The number of piperidine rings is 1. The van der Waals surface area contributed by atoms with Crippen LogP contribution >= 0.6 is 0 Å². The molecule has 2 amide bonds. The number of carbonyl (C=O) groups excluding carboxylic acids is 2. The van der Waals surface area contributed by atoms with Crippen molar-refractivity contribution in [2.75, 3.05) is 32.9 Å². The Kier molecular flexibility index (Phi) is 7.60. The summed E-state index contributed by atoms with van der Waals surface area (Å²) < 4.78 is 80.4. The van der Waals surface area contributed by atoms with E-state index in [1.54, 1.807) is 32.3 Å². The van der Waals surface area contributed by atoms with Crippen molar-refractivity contribution in [3.8, 4) is 0 Å². The van der Waals surface area contributed by atoms with Crippen LogP contribution in [-0.2, 0) is 27.4 Å². The molecule has 2 aromatic carbocycles. The van der Waals surface area contributed by atoms with Gasteiger partial charge in [-0.15, -0.1) is 0 Å². The van der Waals surface area contributed by atoms with Crippen molar-refractivity contribution >= 4 is 27.7 Å². The third-order valence-electron chi connectivity index (χ3n) is 7.09. The number of alkyl halides is 3. The number of hydrogen-bond donors (Lipinski definition) is 1. The van der Waals surface area contributed by atoms with Crippen molar-refractivity contribution in [1.29, 1.82) is 0 Å². The number of rotatable bonds is 6. The number of nitrogens with zero attached hydrogens (tertiary/aromatic N) is 3. The summed E-state index contributed by atoms with van der Waals surface area (Å²) in [6, 6.07) is 7.50. The largest absolute Gasteiger partial charge is 0.419 e. The first-order chi connectivity index (χ1) is 18.1. The second-order valence-corrected chi connectivity index (χ2v) is 12.0. The van der Waals surface area contributed by atoms with Gasteiger partial charge in [0, 0.05) is 38.3 Å².